The van der Waals surface area contributed by atoms with Gasteiger partial charge in [-0.2, -0.15) is 0 Å². The van der Waals surface area contributed by atoms with Crippen molar-refractivity contribution in [2.24, 2.45) is 17.8 Å². The van der Waals surface area contributed by atoms with Gasteiger partial charge in [-0.15, -0.1) is 0 Å². The van der Waals surface area contributed by atoms with Gasteiger partial charge >= 0.3 is 12.1 Å². The van der Waals surface area contributed by atoms with Gasteiger partial charge in [0.25, 0.3) is 0 Å². The van der Waals surface area contributed by atoms with Crippen LogP contribution in [0.5, 0.6) is 5.75 Å². The largest absolute Gasteiger partial charge is 0.497 e. The van der Waals surface area contributed by atoms with Crippen LogP contribution in [0.4, 0.5) is 4.79 Å². The van der Waals surface area contributed by atoms with Crippen LogP contribution in [0.3, 0.4) is 0 Å². The van der Waals surface area contributed by atoms with Crippen molar-refractivity contribution in [2.45, 2.75) is 110 Å². The first kappa shape index (κ1) is 33.3. The highest BCUT2D eigenvalue weighted by molar-refractivity contribution is 6.74. The molecule has 1 aromatic rings. The zero-order chi connectivity index (χ0) is 32.0. The smallest absolute Gasteiger partial charge is 0.410 e. The fraction of sp³-hybridized carbons (Fsp3) is 0.727. The predicted octanol–water partition coefficient (Wildman–Crippen LogP) is 6.01. The van der Waals surface area contributed by atoms with Crippen LogP contribution in [0.1, 0.15) is 73.3 Å². The molecule has 4 rings (SSSR count). The molecular weight excluding hydrogens is 564 g/mol. The van der Waals surface area contributed by atoms with Crippen molar-refractivity contribution in [3.63, 3.8) is 0 Å². The summed E-state index contributed by atoms with van der Waals surface area (Å²) in [4.78, 5) is 45.4. The highest BCUT2D eigenvalue weighted by Crippen LogP contribution is 2.59. The van der Waals surface area contributed by atoms with Gasteiger partial charge in [-0.1, -0.05) is 32.9 Å². The molecule has 9 nitrogen and oxygen atoms in total. The summed E-state index contributed by atoms with van der Waals surface area (Å²) in [5, 5.41) is -0.000554. The fourth-order valence-electron chi connectivity index (χ4n) is 7.16. The first-order valence-electron chi connectivity index (χ1n) is 15.7. The van der Waals surface area contributed by atoms with E-state index in [2.05, 4.69) is 33.9 Å². The summed E-state index contributed by atoms with van der Waals surface area (Å²) in [6.07, 6.45) is 0.815. The lowest BCUT2D eigenvalue weighted by Crippen LogP contribution is -2.72. The van der Waals surface area contributed by atoms with Crippen LogP contribution >= 0.6 is 0 Å². The van der Waals surface area contributed by atoms with E-state index in [1.54, 1.807) is 18.9 Å². The number of methoxy groups -OCH3 is 1. The molecule has 2 saturated heterocycles. The monoisotopic (exact) mass is 616 g/mol. The Bertz CT molecular complexity index is 1190. The lowest BCUT2D eigenvalue weighted by atomic mass is 9.58. The molecule has 4 bridgehead atoms. The van der Waals surface area contributed by atoms with Crippen LogP contribution in [0.25, 0.3) is 0 Å². The van der Waals surface area contributed by atoms with Gasteiger partial charge in [-0.05, 0) is 82.3 Å². The second-order valence-corrected chi connectivity index (χ2v) is 19.7. The van der Waals surface area contributed by atoms with Crippen molar-refractivity contribution in [3.05, 3.63) is 29.8 Å². The minimum absolute atomic E-state index is 0.000554. The van der Waals surface area contributed by atoms with Crippen LogP contribution in [0, 0.1) is 17.8 Å². The van der Waals surface area contributed by atoms with Crippen LogP contribution < -0.4 is 4.74 Å². The van der Waals surface area contributed by atoms with Crippen molar-refractivity contribution in [3.8, 4) is 5.75 Å². The summed E-state index contributed by atoms with van der Waals surface area (Å²) in [6.45, 7) is 19.9. The molecule has 43 heavy (non-hydrogen) atoms. The number of rotatable bonds is 9. The van der Waals surface area contributed by atoms with E-state index < -0.39 is 31.6 Å². The lowest BCUT2D eigenvalue weighted by molar-refractivity contribution is -0.157. The minimum atomic E-state index is -2.15. The summed E-state index contributed by atoms with van der Waals surface area (Å²) in [5.74, 6) is -0.0819. The number of hydrogen-bond donors (Lipinski definition) is 0. The van der Waals surface area contributed by atoms with Gasteiger partial charge in [-0.3, -0.25) is 9.59 Å². The number of carbonyl (C=O) groups excluding carboxylic acids is 3. The molecule has 0 aromatic heterocycles. The van der Waals surface area contributed by atoms with E-state index in [4.69, 9.17) is 18.6 Å². The van der Waals surface area contributed by atoms with E-state index in [0.717, 1.165) is 11.3 Å². The second-order valence-electron chi connectivity index (χ2n) is 14.9. The Kier molecular flexibility index (Phi) is 9.35. The number of esters is 1. The molecule has 3 fully saturated rings. The first-order valence-corrected chi connectivity index (χ1v) is 18.6. The summed E-state index contributed by atoms with van der Waals surface area (Å²) >= 11 is 0. The summed E-state index contributed by atoms with van der Waals surface area (Å²) in [7, 11) is -0.531. The zero-order valence-electron chi connectivity index (χ0n) is 27.8. The van der Waals surface area contributed by atoms with E-state index in [1.165, 1.54) is 0 Å². The lowest BCUT2D eigenvalue weighted by Gasteiger charge is -2.59. The van der Waals surface area contributed by atoms with E-state index in [0.29, 0.717) is 32.5 Å². The molecule has 0 spiro atoms. The van der Waals surface area contributed by atoms with Gasteiger partial charge in [0.15, 0.2) is 8.32 Å². The van der Waals surface area contributed by atoms with Gasteiger partial charge in [0.05, 0.1) is 31.7 Å². The predicted molar refractivity (Wildman–Crippen MR) is 167 cm³/mol. The zero-order valence-corrected chi connectivity index (χ0v) is 28.8. The standard InChI is InChI=1S/C33H52N2O7Si/c1-11-40-27(36)19-33-26-16-17-34(30(38)42-31(2,3)4)28(33)23(21-41-43(9,10)32(5,6)7)18-25(26)29(37)35(33)20-22-12-14-24(39-8)15-13-22/h12-15,23,25-26,28H,11,16-21H2,1-10H3/t23-,25+,26+,28-,33-/m0/s1. The van der Waals surface area contributed by atoms with E-state index in [1.807, 2.05) is 49.9 Å². The molecule has 1 aromatic carbocycles. The molecule has 1 saturated carbocycles. The molecule has 2 aliphatic heterocycles. The topological polar surface area (TPSA) is 94.6 Å². The van der Waals surface area contributed by atoms with E-state index in [-0.39, 0.29) is 47.7 Å². The molecule has 5 atom stereocenters. The molecule has 2 amide bonds. The average molecular weight is 617 g/mol. The number of hydrogen-bond acceptors (Lipinski definition) is 7. The third-order valence-corrected chi connectivity index (χ3v) is 14.6. The fourth-order valence-corrected chi connectivity index (χ4v) is 8.22. The van der Waals surface area contributed by atoms with Crippen molar-refractivity contribution >= 4 is 26.3 Å². The Morgan fingerprint density at radius 2 is 1.72 bits per heavy atom. The molecule has 3 aliphatic rings. The maximum Gasteiger partial charge on any atom is 0.410 e. The first-order chi connectivity index (χ1) is 19.9. The third-order valence-electron chi connectivity index (χ3n) is 10.1. The van der Waals surface area contributed by atoms with Gasteiger partial charge < -0.3 is 28.4 Å². The van der Waals surface area contributed by atoms with Gasteiger partial charge in [0.1, 0.15) is 11.4 Å². The van der Waals surface area contributed by atoms with Crippen molar-refractivity contribution < 1.29 is 33.0 Å². The Hall–Kier alpha value is -2.59. The molecule has 0 unspecified atom stereocenters. The number of ether oxygens (including phenoxy) is 3. The highest BCUT2D eigenvalue weighted by atomic mass is 28.4. The second kappa shape index (κ2) is 12.1. The van der Waals surface area contributed by atoms with E-state index >= 15 is 0 Å². The van der Waals surface area contributed by atoms with Crippen LogP contribution in [0.2, 0.25) is 18.1 Å². The van der Waals surface area contributed by atoms with E-state index in [9.17, 15) is 14.4 Å². The molecule has 240 valence electrons. The number of carbonyl (C=O) groups is 3. The number of amides is 2. The average Bonchev–Trinajstić information content (AvgIpc) is 3.04. The molecule has 0 N–H and O–H groups in total. The van der Waals surface area contributed by atoms with Crippen LogP contribution in [-0.4, -0.2) is 80.1 Å². The summed E-state index contributed by atoms with van der Waals surface area (Å²) in [5.41, 5.74) is -0.704. The Morgan fingerprint density at radius 1 is 1.07 bits per heavy atom. The Labute approximate surface area is 258 Å². The molecule has 1 aliphatic carbocycles. The summed E-state index contributed by atoms with van der Waals surface area (Å²) in [6, 6.07) is 7.20. The molecule has 0 radical (unpaired) electrons. The SMILES string of the molecule is CCOC(=O)C[C@]12[C@@H]3CCN(C(=O)OC(C)(C)C)[C@H]1[C@H](CO[Si](C)(C)C(C)(C)C)C[C@H]3C(=O)N2Cc1ccc(OC)cc1. The minimum Gasteiger partial charge on any atom is -0.497 e. The van der Waals surface area contributed by atoms with Gasteiger partial charge in [0.2, 0.25) is 5.91 Å². The normalized spacial score (nSPS) is 27.3. The Balaban J connectivity index is 1.83. The van der Waals surface area contributed by atoms with Crippen molar-refractivity contribution in [1.29, 1.82) is 0 Å². The Morgan fingerprint density at radius 3 is 2.28 bits per heavy atom. The number of piperidine rings is 1. The maximum absolute atomic E-state index is 14.4. The van der Waals surface area contributed by atoms with Gasteiger partial charge in [-0.25, -0.2) is 4.79 Å². The number of nitrogens with zero attached hydrogens (tertiary/aromatic N) is 2. The quantitative estimate of drug-likeness (QED) is 0.248. The number of benzene rings is 1. The third kappa shape index (κ3) is 6.46. The van der Waals surface area contributed by atoms with Crippen molar-refractivity contribution in [1.82, 2.24) is 9.80 Å². The molecule has 10 heteroatoms. The van der Waals surface area contributed by atoms with Crippen LogP contribution in [-0.2, 0) is 30.0 Å². The van der Waals surface area contributed by atoms with Crippen molar-refractivity contribution in [2.75, 3.05) is 26.9 Å². The molecular formula is C33H52N2O7Si. The maximum atomic E-state index is 14.4. The summed E-state index contributed by atoms with van der Waals surface area (Å²) < 4.78 is 23.6. The molecule has 2 heterocycles. The van der Waals surface area contributed by atoms with Gasteiger partial charge in [0, 0.05) is 31.5 Å². The number of likely N-dealkylation sites (tertiary alicyclic amines) is 2. The highest BCUT2D eigenvalue weighted by Gasteiger charge is 2.70. The van der Waals surface area contributed by atoms with Crippen LogP contribution in [0.15, 0.2) is 24.3 Å².